The number of hydrogen-bond acceptors (Lipinski definition) is 0. The summed E-state index contributed by atoms with van der Waals surface area (Å²) >= 11 is 6.01. The van der Waals surface area contributed by atoms with Gasteiger partial charge in [0.25, 0.3) is 0 Å². The van der Waals surface area contributed by atoms with Crippen molar-refractivity contribution in [2.75, 3.05) is 0 Å². The minimum Gasteiger partial charge on any atom is -0.207 e. The lowest BCUT2D eigenvalue weighted by Gasteiger charge is -2.09. The Bertz CT molecular complexity index is 591. The first-order valence-electron chi connectivity index (χ1n) is 5.78. The predicted molar refractivity (Wildman–Crippen MR) is 70.9 cm³/mol. The molecule has 0 atom stereocenters. The Kier molecular flexibility index (Phi) is 3.67. The van der Waals surface area contributed by atoms with Gasteiger partial charge < -0.3 is 0 Å². The lowest BCUT2D eigenvalue weighted by molar-refractivity contribution is 0.612. The van der Waals surface area contributed by atoms with Gasteiger partial charge in [-0.1, -0.05) is 42.8 Å². The average molecular weight is 267 g/mol. The van der Waals surface area contributed by atoms with Crippen LogP contribution in [0.25, 0.3) is 11.1 Å². The minimum absolute atomic E-state index is 0.0533. The molecule has 0 aliphatic carbocycles. The van der Waals surface area contributed by atoms with Gasteiger partial charge in [-0.05, 0) is 36.1 Å². The zero-order chi connectivity index (χ0) is 13.3. The van der Waals surface area contributed by atoms with Gasteiger partial charge in [0, 0.05) is 5.56 Å². The molecule has 0 radical (unpaired) electrons. The van der Waals surface area contributed by atoms with Crippen LogP contribution in [0.15, 0.2) is 30.3 Å². The predicted octanol–water partition coefficient (Wildman–Crippen LogP) is 5.16. The van der Waals surface area contributed by atoms with Gasteiger partial charge in [-0.3, -0.25) is 0 Å². The second kappa shape index (κ2) is 5.07. The summed E-state index contributed by atoms with van der Waals surface area (Å²) in [5.74, 6) is -0.735. The zero-order valence-corrected chi connectivity index (χ0v) is 11.0. The molecule has 0 spiro atoms. The van der Waals surface area contributed by atoms with Gasteiger partial charge in [0.05, 0.1) is 5.02 Å². The fraction of sp³-hybridized carbons (Fsp3) is 0.200. The van der Waals surface area contributed by atoms with E-state index >= 15 is 0 Å². The SMILES string of the molecule is CCc1ccc(-c2ccc(C)c(F)c2)c(Cl)c1F. The molecule has 0 bridgehead atoms. The van der Waals surface area contributed by atoms with Crippen molar-refractivity contribution in [1.29, 1.82) is 0 Å². The van der Waals surface area contributed by atoms with Crippen LogP contribution in [0.4, 0.5) is 8.78 Å². The summed E-state index contributed by atoms with van der Waals surface area (Å²) in [5, 5.41) is 0.0533. The Morgan fingerprint density at radius 3 is 2.44 bits per heavy atom. The topological polar surface area (TPSA) is 0 Å². The van der Waals surface area contributed by atoms with Crippen molar-refractivity contribution in [3.63, 3.8) is 0 Å². The van der Waals surface area contributed by atoms with Crippen LogP contribution in [-0.4, -0.2) is 0 Å². The Morgan fingerprint density at radius 1 is 1.11 bits per heavy atom. The Balaban J connectivity index is 2.57. The first kappa shape index (κ1) is 13.0. The van der Waals surface area contributed by atoms with Crippen molar-refractivity contribution in [3.05, 3.63) is 58.1 Å². The molecule has 2 aromatic carbocycles. The maximum absolute atomic E-state index is 13.9. The summed E-state index contributed by atoms with van der Waals surface area (Å²) in [6.45, 7) is 3.54. The van der Waals surface area contributed by atoms with E-state index in [1.165, 1.54) is 6.07 Å². The highest BCUT2D eigenvalue weighted by Gasteiger charge is 2.12. The van der Waals surface area contributed by atoms with Gasteiger partial charge in [0.15, 0.2) is 0 Å². The van der Waals surface area contributed by atoms with E-state index in [0.717, 1.165) is 0 Å². The van der Waals surface area contributed by atoms with Crippen LogP contribution < -0.4 is 0 Å². The summed E-state index contributed by atoms with van der Waals surface area (Å²) in [5.41, 5.74) is 2.23. The lowest BCUT2D eigenvalue weighted by atomic mass is 10.0. The molecule has 0 aliphatic rings. The number of aryl methyl sites for hydroxylation is 2. The second-order valence-corrected chi connectivity index (χ2v) is 4.60. The summed E-state index contributed by atoms with van der Waals surface area (Å²) in [4.78, 5) is 0. The van der Waals surface area contributed by atoms with E-state index in [-0.39, 0.29) is 10.8 Å². The fourth-order valence-electron chi connectivity index (χ4n) is 1.85. The van der Waals surface area contributed by atoms with Crippen molar-refractivity contribution >= 4 is 11.6 Å². The molecule has 0 aliphatic heterocycles. The van der Waals surface area contributed by atoms with Crippen molar-refractivity contribution in [2.45, 2.75) is 20.3 Å². The molecule has 0 unspecified atom stereocenters. The Hall–Kier alpha value is -1.41. The van der Waals surface area contributed by atoms with Crippen molar-refractivity contribution in [1.82, 2.24) is 0 Å². The maximum atomic E-state index is 13.9. The van der Waals surface area contributed by atoms with Crippen LogP contribution in [-0.2, 0) is 6.42 Å². The average Bonchev–Trinajstić information content (AvgIpc) is 2.36. The van der Waals surface area contributed by atoms with Gasteiger partial charge in [-0.15, -0.1) is 0 Å². The number of benzene rings is 2. The molecule has 0 saturated carbocycles. The second-order valence-electron chi connectivity index (χ2n) is 4.22. The minimum atomic E-state index is -0.419. The molecular weight excluding hydrogens is 254 g/mol. The molecule has 0 aromatic heterocycles. The summed E-state index contributed by atoms with van der Waals surface area (Å²) in [6, 6.07) is 8.20. The summed E-state index contributed by atoms with van der Waals surface area (Å²) < 4.78 is 27.4. The molecule has 0 saturated heterocycles. The van der Waals surface area contributed by atoms with Gasteiger partial charge >= 0.3 is 0 Å². The molecule has 18 heavy (non-hydrogen) atoms. The highest BCUT2D eigenvalue weighted by Crippen LogP contribution is 2.32. The van der Waals surface area contributed by atoms with Gasteiger partial charge in [0.1, 0.15) is 11.6 Å². The number of rotatable bonds is 2. The monoisotopic (exact) mass is 266 g/mol. The van der Waals surface area contributed by atoms with Crippen LogP contribution in [0.5, 0.6) is 0 Å². The molecule has 94 valence electrons. The first-order chi connectivity index (χ1) is 8.54. The smallest absolute Gasteiger partial charge is 0.145 e. The zero-order valence-electron chi connectivity index (χ0n) is 10.2. The van der Waals surface area contributed by atoms with E-state index in [4.69, 9.17) is 11.6 Å². The van der Waals surface area contributed by atoms with Gasteiger partial charge in [-0.2, -0.15) is 0 Å². The van der Waals surface area contributed by atoms with Gasteiger partial charge in [-0.25, -0.2) is 8.78 Å². The van der Waals surface area contributed by atoms with E-state index in [1.54, 1.807) is 31.2 Å². The molecular formula is C15H13ClF2. The molecule has 0 fully saturated rings. The Labute approximate surface area is 110 Å². The summed E-state index contributed by atoms with van der Waals surface area (Å²) in [7, 11) is 0. The van der Waals surface area contributed by atoms with Crippen LogP contribution >= 0.6 is 11.6 Å². The van der Waals surface area contributed by atoms with Crippen molar-refractivity contribution in [3.8, 4) is 11.1 Å². The van der Waals surface area contributed by atoms with Crippen LogP contribution in [0, 0.1) is 18.6 Å². The van der Waals surface area contributed by atoms with Crippen LogP contribution in [0.1, 0.15) is 18.1 Å². The van der Waals surface area contributed by atoms with Crippen molar-refractivity contribution in [2.24, 2.45) is 0 Å². The standard InChI is InChI=1S/C15H13ClF2/c1-3-10-6-7-12(14(16)15(10)18)11-5-4-9(2)13(17)8-11/h4-8H,3H2,1-2H3. The van der Waals surface area contributed by atoms with Crippen molar-refractivity contribution < 1.29 is 8.78 Å². The molecule has 2 aromatic rings. The van der Waals surface area contributed by atoms with E-state index in [2.05, 4.69) is 0 Å². The first-order valence-corrected chi connectivity index (χ1v) is 6.15. The van der Waals surface area contributed by atoms with E-state index in [9.17, 15) is 8.78 Å². The third kappa shape index (κ3) is 2.25. The molecule has 0 amide bonds. The third-order valence-electron chi connectivity index (χ3n) is 3.03. The molecule has 0 nitrogen and oxygen atoms in total. The lowest BCUT2D eigenvalue weighted by Crippen LogP contribution is -1.92. The molecule has 3 heteroatoms. The number of hydrogen-bond donors (Lipinski definition) is 0. The van der Waals surface area contributed by atoms with E-state index in [1.807, 2.05) is 6.92 Å². The number of halogens is 3. The molecule has 0 heterocycles. The largest absolute Gasteiger partial charge is 0.207 e. The fourth-order valence-corrected chi connectivity index (χ4v) is 2.14. The van der Waals surface area contributed by atoms with E-state index < -0.39 is 5.82 Å². The van der Waals surface area contributed by atoms with E-state index in [0.29, 0.717) is 28.7 Å². The van der Waals surface area contributed by atoms with Crippen LogP contribution in [0.3, 0.4) is 0 Å². The third-order valence-corrected chi connectivity index (χ3v) is 3.40. The van der Waals surface area contributed by atoms with Crippen LogP contribution in [0.2, 0.25) is 5.02 Å². The Morgan fingerprint density at radius 2 is 1.83 bits per heavy atom. The van der Waals surface area contributed by atoms with Gasteiger partial charge in [0.2, 0.25) is 0 Å². The highest BCUT2D eigenvalue weighted by atomic mass is 35.5. The molecule has 0 N–H and O–H groups in total. The summed E-state index contributed by atoms with van der Waals surface area (Å²) in [6.07, 6.45) is 0.577. The maximum Gasteiger partial charge on any atom is 0.145 e. The molecule has 2 rings (SSSR count). The normalized spacial score (nSPS) is 10.7. The quantitative estimate of drug-likeness (QED) is 0.705. The highest BCUT2D eigenvalue weighted by molar-refractivity contribution is 6.33.